The lowest BCUT2D eigenvalue weighted by Gasteiger charge is -2.23. The van der Waals surface area contributed by atoms with Gasteiger partial charge in [-0.1, -0.05) is 0 Å². The maximum absolute atomic E-state index is 13.4. The maximum Gasteiger partial charge on any atom is 0.246 e. The second kappa shape index (κ2) is 10.2. The van der Waals surface area contributed by atoms with E-state index in [-0.39, 0.29) is 47.5 Å². The number of sulfonamides is 2. The van der Waals surface area contributed by atoms with Crippen molar-refractivity contribution in [3.63, 3.8) is 0 Å². The van der Waals surface area contributed by atoms with Crippen molar-refractivity contribution in [2.24, 2.45) is 0 Å². The van der Waals surface area contributed by atoms with Crippen molar-refractivity contribution in [1.29, 1.82) is 0 Å². The number of nitrogens with zero attached hydrogens (tertiary/aromatic N) is 2. The zero-order valence-corrected chi connectivity index (χ0v) is 20.6. The predicted octanol–water partition coefficient (Wildman–Crippen LogP) is 1.81. The van der Waals surface area contributed by atoms with Gasteiger partial charge < -0.3 is 18.9 Å². The van der Waals surface area contributed by atoms with E-state index in [0.29, 0.717) is 17.9 Å². The Labute approximate surface area is 194 Å². The van der Waals surface area contributed by atoms with E-state index in [2.05, 4.69) is 0 Å². The second-order valence-corrected chi connectivity index (χ2v) is 11.0. The van der Waals surface area contributed by atoms with Crippen LogP contribution in [0.4, 0.5) is 0 Å². The van der Waals surface area contributed by atoms with Crippen molar-refractivity contribution in [2.45, 2.75) is 16.2 Å². The number of benzene rings is 2. The van der Waals surface area contributed by atoms with E-state index in [1.165, 1.54) is 61.3 Å². The smallest absolute Gasteiger partial charge is 0.246 e. The van der Waals surface area contributed by atoms with Crippen LogP contribution in [-0.2, 0) is 20.0 Å². The van der Waals surface area contributed by atoms with Gasteiger partial charge in [0.05, 0.1) is 28.4 Å². The van der Waals surface area contributed by atoms with Crippen molar-refractivity contribution < 1.29 is 35.8 Å². The van der Waals surface area contributed by atoms with Crippen LogP contribution in [0, 0.1) is 0 Å². The van der Waals surface area contributed by atoms with Crippen molar-refractivity contribution in [3.8, 4) is 23.0 Å². The van der Waals surface area contributed by atoms with Gasteiger partial charge in [0.2, 0.25) is 20.0 Å². The molecular weight excluding hydrogens is 472 g/mol. The van der Waals surface area contributed by atoms with Crippen LogP contribution >= 0.6 is 0 Å². The number of hydrogen-bond donors (Lipinski definition) is 0. The first-order valence-electron chi connectivity index (χ1n) is 10.1. The van der Waals surface area contributed by atoms with E-state index in [9.17, 15) is 16.8 Å². The van der Waals surface area contributed by atoms with Crippen molar-refractivity contribution in [3.05, 3.63) is 36.4 Å². The molecule has 12 heteroatoms. The fraction of sp³-hybridized carbons (Fsp3) is 0.429. The molecule has 0 aromatic heterocycles. The van der Waals surface area contributed by atoms with Crippen LogP contribution in [-0.4, -0.2) is 80.1 Å². The lowest BCUT2D eigenvalue weighted by atomic mass is 10.3. The average molecular weight is 501 g/mol. The van der Waals surface area contributed by atoms with E-state index < -0.39 is 20.0 Å². The summed E-state index contributed by atoms with van der Waals surface area (Å²) in [5.74, 6) is 1.12. The molecule has 3 rings (SSSR count). The molecule has 1 aliphatic heterocycles. The molecule has 1 aliphatic rings. The second-order valence-electron chi connectivity index (χ2n) is 7.20. The van der Waals surface area contributed by atoms with Gasteiger partial charge in [0.1, 0.15) is 32.8 Å². The molecule has 1 heterocycles. The molecule has 1 saturated heterocycles. The molecule has 0 radical (unpaired) electrons. The van der Waals surface area contributed by atoms with Gasteiger partial charge in [0.15, 0.2) is 0 Å². The number of methoxy groups -OCH3 is 4. The van der Waals surface area contributed by atoms with Crippen molar-refractivity contribution in [1.82, 2.24) is 8.61 Å². The minimum atomic E-state index is -3.96. The third-order valence-electron chi connectivity index (χ3n) is 5.39. The third-order valence-corrected chi connectivity index (χ3v) is 9.23. The number of rotatable bonds is 8. The van der Waals surface area contributed by atoms with E-state index in [0.717, 1.165) is 0 Å². The first-order valence-corrected chi connectivity index (χ1v) is 13.0. The SMILES string of the molecule is COc1ccc(OC)c(S(=O)(=O)N2CCCN(S(=O)(=O)c3cc(OC)ccc3OC)CC2)c1. The molecule has 182 valence electrons. The fourth-order valence-corrected chi connectivity index (χ4v) is 6.88. The van der Waals surface area contributed by atoms with E-state index in [1.54, 1.807) is 12.1 Å². The topological polar surface area (TPSA) is 112 Å². The lowest BCUT2D eigenvalue weighted by Crippen LogP contribution is -2.37. The lowest BCUT2D eigenvalue weighted by molar-refractivity contribution is 0.378. The zero-order chi connectivity index (χ0) is 24.2. The highest BCUT2D eigenvalue weighted by Crippen LogP contribution is 2.33. The Bertz CT molecular complexity index is 1110. The highest BCUT2D eigenvalue weighted by molar-refractivity contribution is 7.89. The monoisotopic (exact) mass is 500 g/mol. The van der Waals surface area contributed by atoms with Gasteiger partial charge in [-0.15, -0.1) is 0 Å². The molecular formula is C21H28N2O8S2. The molecule has 10 nitrogen and oxygen atoms in total. The van der Waals surface area contributed by atoms with Gasteiger partial charge >= 0.3 is 0 Å². The standard InChI is InChI=1S/C21H28N2O8S2/c1-28-16-6-8-18(30-3)20(14-16)32(24,25)22-10-5-11-23(13-12-22)33(26,27)21-15-17(29-2)7-9-19(21)31-4/h6-9,14-15H,5,10-13H2,1-4H3. The summed E-state index contributed by atoms with van der Waals surface area (Å²) in [4.78, 5) is -0.0646. The quantitative estimate of drug-likeness (QED) is 0.540. The Morgan fingerprint density at radius 3 is 1.33 bits per heavy atom. The Balaban J connectivity index is 1.90. The molecule has 0 spiro atoms. The average Bonchev–Trinajstić information content (AvgIpc) is 3.10. The molecule has 0 atom stereocenters. The molecule has 2 aromatic rings. The first-order chi connectivity index (χ1) is 15.7. The van der Waals surface area contributed by atoms with E-state index in [4.69, 9.17) is 18.9 Å². The molecule has 0 aliphatic carbocycles. The van der Waals surface area contributed by atoms with Gasteiger partial charge in [-0.05, 0) is 30.7 Å². The van der Waals surface area contributed by atoms with Crippen molar-refractivity contribution >= 4 is 20.0 Å². The molecule has 2 aromatic carbocycles. The molecule has 0 unspecified atom stereocenters. The first kappa shape index (κ1) is 25.1. The fourth-order valence-electron chi connectivity index (χ4n) is 3.60. The molecule has 0 amide bonds. The normalized spacial score (nSPS) is 16.1. The summed E-state index contributed by atoms with van der Waals surface area (Å²) >= 11 is 0. The van der Waals surface area contributed by atoms with Crippen LogP contribution in [0.2, 0.25) is 0 Å². The Morgan fingerprint density at radius 2 is 1.00 bits per heavy atom. The van der Waals surface area contributed by atoms with Gasteiger partial charge in [-0.2, -0.15) is 8.61 Å². The maximum atomic E-state index is 13.4. The number of hydrogen-bond acceptors (Lipinski definition) is 8. The van der Waals surface area contributed by atoms with Crippen LogP contribution in [0.1, 0.15) is 6.42 Å². The molecule has 1 fully saturated rings. The van der Waals surface area contributed by atoms with Gasteiger partial charge in [0, 0.05) is 38.3 Å². The number of ether oxygens (including phenoxy) is 4. The Hall–Kier alpha value is -2.54. The van der Waals surface area contributed by atoms with E-state index >= 15 is 0 Å². The predicted molar refractivity (Wildman–Crippen MR) is 121 cm³/mol. The van der Waals surface area contributed by atoms with Gasteiger partial charge in [-0.3, -0.25) is 0 Å². The Morgan fingerprint density at radius 1 is 0.606 bits per heavy atom. The van der Waals surface area contributed by atoms with Crippen LogP contribution < -0.4 is 18.9 Å². The summed E-state index contributed by atoms with van der Waals surface area (Å²) < 4.78 is 76.9. The summed E-state index contributed by atoms with van der Waals surface area (Å²) in [5, 5.41) is 0. The minimum Gasteiger partial charge on any atom is -0.497 e. The summed E-state index contributed by atoms with van der Waals surface area (Å²) in [6.07, 6.45) is 0.316. The van der Waals surface area contributed by atoms with E-state index in [1.807, 2.05) is 0 Å². The van der Waals surface area contributed by atoms with Crippen LogP contribution in [0.5, 0.6) is 23.0 Å². The largest absolute Gasteiger partial charge is 0.497 e. The minimum absolute atomic E-state index is 0.0196. The summed E-state index contributed by atoms with van der Waals surface area (Å²) in [5.41, 5.74) is 0. The summed E-state index contributed by atoms with van der Waals surface area (Å²) in [6, 6.07) is 9.06. The molecule has 0 N–H and O–H groups in total. The molecule has 33 heavy (non-hydrogen) atoms. The zero-order valence-electron chi connectivity index (χ0n) is 19.0. The highest BCUT2D eigenvalue weighted by Gasteiger charge is 2.34. The third kappa shape index (κ3) is 5.03. The highest BCUT2D eigenvalue weighted by atomic mass is 32.2. The van der Waals surface area contributed by atoms with Gasteiger partial charge in [0.25, 0.3) is 0 Å². The van der Waals surface area contributed by atoms with Crippen molar-refractivity contribution in [2.75, 3.05) is 54.6 Å². The molecule has 0 saturated carbocycles. The Kier molecular flexibility index (Phi) is 7.73. The van der Waals surface area contributed by atoms with Crippen LogP contribution in [0.15, 0.2) is 46.2 Å². The van der Waals surface area contributed by atoms with Crippen LogP contribution in [0.25, 0.3) is 0 Å². The summed E-state index contributed by atoms with van der Waals surface area (Å²) in [6.45, 7) is 0.274. The van der Waals surface area contributed by atoms with Gasteiger partial charge in [-0.25, -0.2) is 16.8 Å². The molecule has 0 bridgehead atoms. The van der Waals surface area contributed by atoms with Crippen LogP contribution in [0.3, 0.4) is 0 Å². The summed E-state index contributed by atoms with van der Waals surface area (Å²) in [7, 11) is -2.25.